The van der Waals surface area contributed by atoms with E-state index >= 15 is 0 Å². The monoisotopic (exact) mass is 554 g/mol. The van der Waals surface area contributed by atoms with Crippen LogP contribution < -0.4 is 5.32 Å². The van der Waals surface area contributed by atoms with E-state index in [9.17, 15) is 14.7 Å². The van der Waals surface area contributed by atoms with Gasteiger partial charge >= 0.3 is 0 Å². The number of hydrogen-bond donors (Lipinski definition) is 2. The SMILES string of the molecule is CC(=O)N1CCC(Nc2cc(C(=O)N3CC[C@H](N4CCc5ccccc5C4)[C@@H](O)C3)nc(-c3ccccc3)n2)CC1. The molecule has 2 saturated heterocycles. The van der Waals surface area contributed by atoms with Crippen molar-refractivity contribution >= 4 is 17.6 Å². The van der Waals surface area contributed by atoms with E-state index in [1.807, 2.05) is 35.2 Å². The summed E-state index contributed by atoms with van der Waals surface area (Å²) < 4.78 is 0. The number of aliphatic hydroxyl groups excluding tert-OH is 1. The third-order valence-electron chi connectivity index (χ3n) is 8.73. The maximum absolute atomic E-state index is 13.8. The number of aromatic nitrogens is 2. The first-order valence-electron chi connectivity index (χ1n) is 14.7. The number of nitrogens with one attached hydrogen (secondary N) is 1. The van der Waals surface area contributed by atoms with Crippen LogP contribution in [-0.2, 0) is 17.8 Å². The third kappa shape index (κ3) is 6.11. The lowest BCUT2D eigenvalue weighted by molar-refractivity contribution is -0.129. The van der Waals surface area contributed by atoms with Gasteiger partial charge in [0.1, 0.15) is 11.5 Å². The molecule has 0 spiro atoms. The van der Waals surface area contributed by atoms with Gasteiger partial charge in [0.25, 0.3) is 5.91 Å². The zero-order chi connectivity index (χ0) is 28.3. The second-order valence-electron chi connectivity index (χ2n) is 11.4. The molecule has 2 aromatic carbocycles. The highest BCUT2D eigenvalue weighted by molar-refractivity contribution is 5.93. The minimum Gasteiger partial charge on any atom is -0.390 e. The molecule has 6 rings (SSSR count). The Bertz CT molecular complexity index is 1390. The fourth-order valence-corrected chi connectivity index (χ4v) is 6.39. The number of anilines is 1. The first-order chi connectivity index (χ1) is 19.9. The molecule has 9 heteroatoms. The van der Waals surface area contributed by atoms with Crippen LogP contribution >= 0.6 is 0 Å². The third-order valence-corrected chi connectivity index (χ3v) is 8.73. The number of piperidine rings is 2. The Kier molecular flexibility index (Phi) is 7.98. The molecule has 3 aliphatic rings. The Hall–Kier alpha value is -3.82. The van der Waals surface area contributed by atoms with Gasteiger partial charge in [0.2, 0.25) is 5.91 Å². The number of carbonyl (C=O) groups excluding carboxylic acids is 2. The van der Waals surface area contributed by atoms with Gasteiger partial charge in [-0.25, -0.2) is 9.97 Å². The van der Waals surface area contributed by atoms with Gasteiger partial charge < -0.3 is 20.2 Å². The van der Waals surface area contributed by atoms with Gasteiger partial charge in [0, 0.05) is 69.9 Å². The van der Waals surface area contributed by atoms with Gasteiger partial charge in [-0.15, -0.1) is 0 Å². The number of likely N-dealkylation sites (tertiary alicyclic amines) is 2. The number of carbonyl (C=O) groups is 2. The summed E-state index contributed by atoms with van der Waals surface area (Å²) in [5.41, 5.74) is 3.87. The summed E-state index contributed by atoms with van der Waals surface area (Å²) in [5.74, 6) is 0.995. The van der Waals surface area contributed by atoms with E-state index in [1.54, 1.807) is 17.9 Å². The number of β-amino-alcohol motifs (C(OH)–C–C–N with tert-alkyl or cyclic N) is 1. The molecule has 2 amide bonds. The molecule has 2 atom stereocenters. The van der Waals surface area contributed by atoms with Crippen molar-refractivity contribution in [1.29, 1.82) is 0 Å². The van der Waals surface area contributed by atoms with Crippen LogP contribution in [0.2, 0.25) is 0 Å². The van der Waals surface area contributed by atoms with Crippen molar-refractivity contribution in [2.24, 2.45) is 0 Å². The van der Waals surface area contributed by atoms with Crippen LogP contribution in [0.25, 0.3) is 11.4 Å². The molecular formula is C32H38N6O3. The van der Waals surface area contributed by atoms with Crippen molar-refractivity contribution in [3.8, 4) is 11.4 Å². The molecule has 0 bridgehead atoms. The second kappa shape index (κ2) is 12.0. The van der Waals surface area contributed by atoms with E-state index in [1.165, 1.54) is 11.1 Å². The van der Waals surface area contributed by atoms with Gasteiger partial charge in [-0.3, -0.25) is 14.5 Å². The van der Waals surface area contributed by atoms with E-state index in [0.29, 0.717) is 43.4 Å². The Labute approximate surface area is 241 Å². The van der Waals surface area contributed by atoms with Gasteiger partial charge in [-0.1, -0.05) is 54.6 Å². The molecule has 0 unspecified atom stereocenters. The highest BCUT2D eigenvalue weighted by atomic mass is 16.3. The van der Waals surface area contributed by atoms with Crippen molar-refractivity contribution in [1.82, 2.24) is 24.7 Å². The number of benzene rings is 2. The van der Waals surface area contributed by atoms with Crippen LogP contribution in [0.15, 0.2) is 60.7 Å². The van der Waals surface area contributed by atoms with Gasteiger partial charge in [-0.05, 0) is 36.8 Å². The summed E-state index contributed by atoms with van der Waals surface area (Å²) >= 11 is 0. The summed E-state index contributed by atoms with van der Waals surface area (Å²) in [7, 11) is 0. The molecule has 214 valence electrons. The molecular weight excluding hydrogens is 516 g/mol. The fraction of sp³-hybridized carbons (Fsp3) is 0.438. The lowest BCUT2D eigenvalue weighted by atomic mass is 9.94. The van der Waals surface area contributed by atoms with Crippen molar-refractivity contribution in [2.45, 2.75) is 57.3 Å². The number of fused-ring (bicyclic) bond motifs is 1. The van der Waals surface area contributed by atoms with Crippen LogP contribution in [-0.4, -0.2) is 92.5 Å². The predicted octanol–water partition coefficient (Wildman–Crippen LogP) is 3.20. The number of nitrogens with zero attached hydrogens (tertiary/aromatic N) is 5. The van der Waals surface area contributed by atoms with E-state index in [4.69, 9.17) is 4.98 Å². The topological polar surface area (TPSA) is 102 Å². The van der Waals surface area contributed by atoms with Gasteiger partial charge in [0.05, 0.1) is 6.10 Å². The molecule has 1 aromatic heterocycles. The van der Waals surface area contributed by atoms with E-state index in [2.05, 4.69) is 39.5 Å². The van der Waals surface area contributed by atoms with Crippen LogP contribution in [0, 0.1) is 0 Å². The lowest BCUT2D eigenvalue weighted by Gasteiger charge is -2.43. The quantitative estimate of drug-likeness (QED) is 0.500. The maximum atomic E-state index is 13.8. The number of aliphatic hydroxyl groups is 1. The van der Waals surface area contributed by atoms with Crippen molar-refractivity contribution in [2.75, 3.05) is 38.0 Å². The number of amides is 2. The average molecular weight is 555 g/mol. The van der Waals surface area contributed by atoms with Crippen LogP contribution in [0.5, 0.6) is 0 Å². The standard InChI is InChI=1S/C32H38N6O3/c1-22(39)36-16-12-26(13-17-36)33-30-19-27(34-31(35-30)24-8-3-2-4-9-24)32(41)38-18-14-28(29(40)21-38)37-15-11-23-7-5-6-10-25(23)20-37/h2-10,19,26,28-29,40H,11-18,20-21H2,1H3,(H,33,34,35)/t28-,29-/m0/s1. The highest BCUT2D eigenvalue weighted by Gasteiger charge is 2.36. The molecule has 41 heavy (non-hydrogen) atoms. The Morgan fingerprint density at radius 3 is 2.32 bits per heavy atom. The molecule has 0 saturated carbocycles. The molecule has 4 heterocycles. The van der Waals surface area contributed by atoms with Crippen LogP contribution in [0.4, 0.5) is 5.82 Å². The first kappa shape index (κ1) is 27.4. The van der Waals surface area contributed by atoms with E-state index in [-0.39, 0.29) is 30.4 Å². The number of hydrogen-bond acceptors (Lipinski definition) is 7. The Balaban J connectivity index is 1.17. The average Bonchev–Trinajstić information content (AvgIpc) is 3.01. The molecule has 0 radical (unpaired) electrons. The van der Waals surface area contributed by atoms with Crippen molar-refractivity contribution in [3.63, 3.8) is 0 Å². The largest absolute Gasteiger partial charge is 0.390 e. The van der Waals surface area contributed by atoms with E-state index < -0.39 is 6.10 Å². The first-order valence-corrected chi connectivity index (χ1v) is 14.7. The second-order valence-corrected chi connectivity index (χ2v) is 11.4. The normalized spacial score (nSPS) is 21.8. The summed E-state index contributed by atoms with van der Waals surface area (Å²) in [5, 5.41) is 14.7. The number of rotatable bonds is 5. The van der Waals surface area contributed by atoms with Crippen LogP contribution in [0.1, 0.15) is 47.8 Å². The fourth-order valence-electron chi connectivity index (χ4n) is 6.39. The van der Waals surface area contributed by atoms with Gasteiger partial charge in [-0.2, -0.15) is 0 Å². The highest BCUT2D eigenvalue weighted by Crippen LogP contribution is 2.27. The van der Waals surface area contributed by atoms with Gasteiger partial charge in [0.15, 0.2) is 5.82 Å². The molecule has 2 fully saturated rings. The predicted molar refractivity (Wildman–Crippen MR) is 157 cm³/mol. The molecule has 9 nitrogen and oxygen atoms in total. The summed E-state index contributed by atoms with van der Waals surface area (Å²) in [4.78, 5) is 40.9. The summed E-state index contributed by atoms with van der Waals surface area (Å²) in [6, 6.07) is 20.1. The van der Waals surface area contributed by atoms with Crippen molar-refractivity contribution < 1.29 is 14.7 Å². The Morgan fingerprint density at radius 2 is 1.59 bits per heavy atom. The minimum atomic E-state index is -0.627. The lowest BCUT2D eigenvalue weighted by Crippen LogP contribution is -2.56. The smallest absolute Gasteiger partial charge is 0.272 e. The molecule has 2 N–H and O–H groups in total. The molecule has 3 aromatic rings. The molecule has 0 aliphatic carbocycles. The summed E-state index contributed by atoms with van der Waals surface area (Å²) in [6.07, 6.45) is 2.69. The van der Waals surface area contributed by atoms with Crippen molar-refractivity contribution in [3.05, 3.63) is 77.5 Å². The zero-order valence-corrected chi connectivity index (χ0v) is 23.6. The Morgan fingerprint density at radius 1 is 0.878 bits per heavy atom. The van der Waals surface area contributed by atoms with Crippen LogP contribution in [0.3, 0.4) is 0 Å². The summed E-state index contributed by atoms with van der Waals surface area (Å²) in [6.45, 7) is 5.59. The zero-order valence-electron chi connectivity index (χ0n) is 23.6. The maximum Gasteiger partial charge on any atom is 0.272 e. The minimum absolute atomic E-state index is 0.0239. The molecule has 3 aliphatic heterocycles. The van der Waals surface area contributed by atoms with E-state index in [0.717, 1.165) is 37.9 Å².